The van der Waals surface area contributed by atoms with Crippen molar-refractivity contribution in [1.29, 1.82) is 0 Å². The highest BCUT2D eigenvalue weighted by Crippen LogP contribution is 2.26. The predicted molar refractivity (Wildman–Crippen MR) is 73.5 cm³/mol. The van der Waals surface area contributed by atoms with Gasteiger partial charge in [-0.15, -0.1) is 12.4 Å². The van der Waals surface area contributed by atoms with Gasteiger partial charge in [-0.05, 0) is 35.4 Å². The number of hydrogen-bond donors (Lipinski definition) is 1. The smallest absolute Gasteiger partial charge is 0.123 e. The van der Waals surface area contributed by atoms with E-state index in [1.807, 2.05) is 24.3 Å². The fourth-order valence-electron chi connectivity index (χ4n) is 1.79. The number of halogens is 2. The van der Waals surface area contributed by atoms with Crippen molar-refractivity contribution in [3.8, 4) is 16.9 Å². The lowest BCUT2D eigenvalue weighted by atomic mass is 10.0. The minimum atomic E-state index is -0.243. The fraction of sp³-hybridized carbons (Fsp3) is 0.143. The highest BCUT2D eigenvalue weighted by molar-refractivity contribution is 5.85. The first-order valence-corrected chi connectivity index (χ1v) is 5.37. The number of benzene rings is 2. The Morgan fingerprint density at radius 1 is 1.11 bits per heavy atom. The van der Waals surface area contributed by atoms with Gasteiger partial charge < -0.3 is 10.5 Å². The molecule has 4 heteroatoms. The zero-order valence-electron chi connectivity index (χ0n) is 10.0. The second kappa shape index (κ2) is 6.38. The Morgan fingerprint density at radius 3 is 2.44 bits per heavy atom. The largest absolute Gasteiger partial charge is 0.496 e. The van der Waals surface area contributed by atoms with E-state index in [1.54, 1.807) is 13.2 Å². The van der Waals surface area contributed by atoms with Gasteiger partial charge in [0, 0.05) is 12.1 Å². The van der Waals surface area contributed by atoms with E-state index in [1.165, 1.54) is 12.1 Å². The second-order valence-electron chi connectivity index (χ2n) is 3.74. The number of nitrogens with two attached hydrogens (primary N) is 1. The molecule has 0 heterocycles. The first kappa shape index (κ1) is 14.5. The van der Waals surface area contributed by atoms with Crippen LogP contribution < -0.4 is 10.5 Å². The molecule has 2 aromatic carbocycles. The molecule has 2 nitrogen and oxygen atoms in total. The molecule has 0 saturated heterocycles. The molecule has 96 valence electrons. The molecular formula is C14H15ClFNO. The van der Waals surface area contributed by atoms with Crippen LogP contribution in [0.25, 0.3) is 11.1 Å². The lowest BCUT2D eigenvalue weighted by Gasteiger charge is -2.09. The van der Waals surface area contributed by atoms with Gasteiger partial charge in [-0.1, -0.05) is 18.2 Å². The molecule has 0 atom stereocenters. The van der Waals surface area contributed by atoms with Gasteiger partial charge in [0.1, 0.15) is 11.6 Å². The lowest BCUT2D eigenvalue weighted by Crippen LogP contribution is -2.00. The second-order valence-corrected chi connectivity index (χ2v) is 3.74. The Labute approximate surface area is 112 Å². The van der Waals surface area contributed by atoms with Gasteiger partial charge in [0.05, 0.1) is 7.11 Å². The third kappa shape index (κ3) is 3.00. The average Bonchev–Trinajstić information content (AvgIpc) is 2.38. The van der Waals surface area contributed by atoms with Gasteiger partial charge in [0.2, 0.25) is 0 Å². The maximum Gasteiger partial charge on any atom is 0.123 e. The van der Waals surface area contributed by atoms with Crippen molar-refractivity contribution >= 4 is 12.4 Å². The van der Waals surface area contributed by atoms with Gasteiger partial charge in [-0.25, -0.2) is 4.39 Å². The molecule has 0 saturated carbocycles. The maximum atomic E-state index is 13.1. The quantitative estimate of drug-likeness (QED) is 0.925. The summed E-state index contributed by atoms with van der Waals surface area (Å²) in [5.74, 6) is 0.514. The lowest BCUT2D eigenvalue weighted by molar-refractivity contribution is 0.410. The van der Waals surface area contributed by atoms with Gasteiger partial charge in [-0.3, -0.25) is 0 Å². The molecule has 2 aromatic rings. The van der Waals surface area contributed by atoms with Crippen molar-refractivity contribution in [3.63, 3.8) is 0 Å². The van der Waals surface area contributed by atoms with Crippen LogP contribution in [0.1, 0.15) is 5.56 Å². The van der Waals surface area contributed by atoms with Crippen molar-refractivity contribution in [2.75, 3.05) is 7.11 Å². The fourth-order valence-corrected chi connectivity index (χ4v) is 1.79. The summed E-state index contributed by atoms with van der Waals surface area (Å²) in [6, 6.07) is 12.2. The molecule has 0 unspecified atom stereocenters. The van der Waals surface area contributed by atoms with E-state index >= 15 is 0 Å². The number of methoxy groups -OCH3 is 1. The van der Waals surface area contributed by atoms with Crippen LogP contribution in [0.5, 0.6) is 5.75 Å². The highest BCUT2D eigenvalue weighted by Gasteiger charge is 2.05. The van der Waals surface area contributed by atoms with E-state index in [4.69, 9.17) is 10.5 Å². The van der Waals surface area contributed by atoms with Gasteiger partial charge in [-0.2, -0.15) is 0 Å². The molecule has 2 N–H and O–H groups in total. The molecule has 0 fully saturated rings. The molecule has 0 bridgehead atoms. The average molecular weight is 268 g/mol. The van der Waals surface area contributed by atoms with Crippen molar-refractivity contribution in [2.45, 2.75) is 6.54 Å². The molecule has 0 aliphatic heterocycles. The van der Waals surface area contributed by atoms with Crippen LogP contribution in [-0.2, 0) is 6.54 Å². The molecule has 0 aliphatic carbocycles. The Bertz CT molecular complexity index is 531. The number of ether oxygens (including phenoxy) is 1. The molecule has 0 amide bonds. The summed E-state index contributed by atoms with van der Waals surface area (Å²) >= 11 is 0. The highest BCUT2D eigenvalue weighted by atomic mass is 35.5. The van der Waals surface area contributed by atoms with Gasteiger partial charge in [0.25, 0.3) is 0 Å². The summed E-state index contributed by atoms with van der Waals surface area (Å²) in [5, 5.41) is 0. The predicted octanol–water partition coefficient (Wildman–Crippen LogP) is 3.38. The zero-order valence-corrected chi connectivity index (χ0v) is 10.8. The normalized spacial score (nSPS) is 9.72. The molecule has 2 rings (SSSR count). The molecule has 0 aliphatic rings. The third-order valence-corrected chi connectivity index (χ3v) is 2.66. The van der Waals surface area contributed by atoms with E-state index < -0.39 is 0 Å². The monoisotopic (exact) mass is 267 g/mol. The van der Waals surface area contributed by atoms with Crippen LogP contribution in [0, 0.1) is 5.82 Å². The van der Waals surface area contributed by atoms with Crippen molar-refractivity contribution in [1.82, 2.24) is 0 Å². The summed E-state index contributed by atoms with van der Waals surface area (Å²) in [5.41, 5.74) is 8.33. The van der Waals surface area contributed by atoms with Crippen LogP contribution in [0.4, 0.5) is 4.39 Å². The van der Waals surface area contributed by atoms with Crippen LogP contribution >= 0.6 is 12.4 Å². The van der Waals surface area contributed by atoms with Crippen molar-refractivity contribution in [2.24, 2.45) is 5.73 Å². The number of rotatable bonds is 3. The van der Waals surface area contributed by atoms with Crippen LogP contribution in [0.15, 0.2) is 42.5 Å². The third-order valence-electron chi connectivity index (χ3n) is 2.66. The zero-order chi connectivity index (χ0) is 12.3. The number of hydrogen-bond acceptors (Lipinski definition) is 2. The summed E-state index contributed by atoms with van der Waals surface area (Å²) in [6.45, 7) is 0.395. The maximum absolute atomic E-state index is 13.1. The van der Waals surface area contributed by atoms with Crippen LogP contribution in [-0.4, -0.2) is 7.11 Å². The van der Waals surface area contributed by atoms with E-state index in [0.29, 0.717) is 6.54 Å². The Balaban J connectivity index is 0.00000162. The Kier molecular flexibility index (Phi) is 5.13. The summed E-state index contributed by atoms with van der Waals surface area (Å²) < 4.78 is 18.3. The minimum absolute atomic E-state index is 0. The van der Waals surface area contributed by atoms with Gasteiger partial charge >= 0.3 is 0 Å². The van der Waals surface area contributed by atoms with Crippen molar-refractivity contribution < 1.29 is 9.13 Å². The first-order chi connectivity index (χ1) is 8.24. The summed E-state index contributed by atoms with van der Waals surface area (Å²) in [4.78, 5) is 0. The Morgan fingerprint density at radius 2 is 1.83 bits per heavy atom. The van der Waals surface area contributed by atoms with E-state index in [9.17, 15) is 4.39 Å². The minimum Gasteiger partial charge on any atom is -0.496 e. The molecule has 0 spiro atoms. The molecule has 0 radical (unpaired) electrons. The molecule has 18 heavy (non-hydrogen) atoms. The molecule has 0 aromatic heterocycles. The summed E-state index contributed by atoms with van der Waals surface area (Å²) in [7, 11) is 1.61. The van der Waals surface area contributed by atoms with E-state index in [2.05, 4.69) is 0 Å². The van der Waals surface area contributed by atoms with Crippen LogP contribution in [0.3, 0.4) is 0 Å². The van der Waals surface area contributed by atoms with E-state index in [-0.39, 0.29) is 18.2 Å². The summed E-state index contributed by atoms with van der Waals surface area (Å²) in [6.07, 6.45) is 0. The standard InChI is InChI=1S/C14H14FNO.ClH/c1-17-14-6-5-11(7-12(14)9-16)10-3-2-4-13(15)8-10;/h2-8H,9,16H2,1H3;1H. The topological polar surface area (TPSA) is 35.2 Å². The van der Waals surface area contributed by atoms with Crippen LogP contribution in [0.2, 0.25) is 0 Å². The van der Waals surface area contributed by atoms with Gasteiger partial charge in [0.15, 0.2) is 0 Å². The van der Waals surface area contributed by atoms with E-state index in [0.717, 1.165) is 22.4 Å². The van der Waals surface area contributed by atoms with Crippen molar-refractivity contribution in [3.05, 3.63) is 53.8 Å². The first-order valence-electron chi connectivity index (χ1n) is 5.37. The SMILES string of the molecule is COc1ccc(-c2cccc(F)c2)cc1CN.Cl. The Hall–Kier alpha value is -1.58. The molecular weight excluding hydrogens is 253 g/mol.